The highest BCUT2D eigenvalue weighted by molar-refractivity contribution is 6.82. The molecule has 3 heteroatoms. The summed E-state index contributed by atoms with van der Waals surface area (Å²) >= 11 is 0. The molecule has 0 heterocycles. The van der Waals surface area contributed by atoms with Gasteiger partial charge in [0.15, 0.2) is 0 Å². The lowest BCUT2D eigenvalue weighted by Crippen LogP contribution is -2.27. The van der Waals surface area contributed by atoms with Gasteiger partial charge in [-0.15, -0.1) is 0 Å². The third-order valence-electron chi connectivity index (χ3n) is 2.15. The first-order valence-corrected chi connectivity index (χ1v) is 17.5. The van der Waals surface area contributed by atoms with Crippen LogP contribution >= 0.6 is 0 Å². The van der Waals surface area contributed by atoms with Gasteiger partial charge in [0.2, 0.25) is 0 Å². The van der Waals surface area contributed by atoms with Crippen molar-refractivity contribution in [1.82, 2.24) is 0 Å². The zero-order valence-corrected chi connectivity index (χ0v) is 16.0. The van der Waals surface area contributed by atoms with Gasteiger partial charge in [-0.2, -0.15) is 0 Å². The molecule has 0 aliphatic rings. The van der Waals surface area contributed by atoms with E-state index in [1.165, 1.54) is 12.1 Å². The molecule has 0 N–H and O–H groups in total. The molecule has 0 saturated heterocycles. The largest absolute Gasteiger partial charge is 0.0964 e. The highest BCUT2D eigenvalue weighted by atomic mass is 28.3. The van der Waals surface area contributed by atoms with E-state index in [1.807, 2.05) is 0 Å². The summed E-state index contributed by atoms with van der Waals surface area (Å²) in [7, 11) is -2.92. The van der Waals surface area contributed by atoms with Crippen LogP contribution in [0.4, 0.5) is 0 Å². The van der Waals surface area contributed by atoms with E-state index >= 15 is 0 Å². The highest BCUT2D eigenvalue weighted by Gasteiger charge is 2.23. The van der Waals surface area contributed by atoms with Crippen LogP contribution in [0.3, 0.4) is 0 Å². The standard InChI is InChI=1S/C13H32Si3/c1-14(2,3)10-13(11-15(4,5)6)12-16(7,8)9/h10H,11-12H2,1-9H3. The van der Waals surface area contributed by atoms with Gasteiger partial charge in [0.1, 0.15) is 0 Å². The fraction of sp³-hybridized carbons (Fsp3) is 0.846. The van der Waals surface area contributed by atoms with Gasteiger partial charge >= 0.3 is 0 Å². The van der Waals surface area contributed by atoms with Crippen molar-refractivity contribution in [2.24, 2.45) is 0 Å². The van der Waals surface area contributed by atoms with Crippen LogP contribution in [0.2, 0.25) is 71.0 Å². The molecule has 0 aliphatic heterocycles. The minimum absolute atomic E-state index is 0.944. The molecule has 0 fully saturated rings. The number of hydrogen-bond acceptors (Lipinski definition) is 0. The average Bonchev–Trinajstić information content (AvgIpc) is 1.70. The predicted octanol–water partition coefficient (Wildman–Crippen LogP) is 5.47. The van der Waals surface area contributed by atoms with Crippen LogP contribution in [0.25, 0.3) is 0 Å². The Morgan fingerprint density at radius 1 is 0.688 bits per heavy atom. The Morgan fingerprint density at radius 2 is 1.00 bits per heavy atom. The maximum atomic E-state index is 2.68. The third-order valence-corrected chi connectivity index (χ3v) is 6.46. The van der Waals surface area contributed by atoms with Gasteiger partial charge in [0.05, 0.1) is 8.07 Å². The first-order chi connectivity index (χ1) is 6.79. The molecule has 16 heavy (non-hydrogen) atoms. The van der Waals surface area contributed by atoms with Crippen LogP contribution < -0.4 is 0 Å². The topological polar surface area (TPSA) is 0 Å². The summed E-state index contributed by atoms with van der Waals surface area (Å²) in [6, 6.07) is 2.84. The molecule has 0 saturated carbocycles. The molecule has 96 valence electrons. The Labute approximate surface area is 107 Å². The van der Waals surface area contributed by atoms with Crippen LogP contribution in [-0.2, 0) is 0 Å². The molecule has 0 aromatic rings. The van der Waals surface area contributed by atoms with E-state index in [9.17, 15) is 0 Å². The second-order valence-corrected chi connectivity index (χ2v) is 24.6. The highest BCUT2D eigenvalue weighted by Crippen LogP contribution is 2.26. The maximum absolute atomic E-state index is 2.68. The maximum Gasteiger partial charge on any atom is 0.0686 e. The quantitative estimate of drug-likeness (QED) is 0.582. The molecule has 0 radical (unpaired) electrons. The monoisotopic (exact) mass is 272 g/mol. The molecule has 0 rings (SSSR count). The molecule has 0 nitrogen and oxygen atoms in total. The molecule has 0 amide bonds. The summed E-state index contributed by atoms with van der Waals surface area (Å²) in [6.45, 7) is 22.4. The second-order valence-electron chi connectivity index (χ2n) is 8.64. The Kier molecular flexibility index (Phi) is 5.49. The smallest absolute Gasteiger partial charge is 0.0686 e. The lowest BCUT2D eigenvalue weighted by atomic mass is 10.4. The van der Waals surface area contributed by atoms with Crippen LogP contribution in [0, 0.1) is 0 Å². The van der Waals surface area contributed by atoms with Gasteiger partial charge in [-0.05, 0) is 12.1 Å². The number of hydrogen-bond donors (Lipinski definition) is 0. The minimum atomic E-state index is -1.04. The summed E-state index contributed by atoms with van der Waals surface area (Å²) in [4.78, 5) is 0. The van der Waals surface area contributed by atoms with E-state index in [2.05, 4.69) is 64.6 Å². The first kappa shape index (κ1) is 16.4. The predicted molar refractivity (Wildman–Crippen MR) is 87.7 cm³/mol. The molecule has 0 spiro atoms. The average molecular weight is 273 g/mol. The lowest BCUT2D eigenvalue weighted by molar-refractivity contribution is 1.27. The molecule has 0 atom stereocenters. The summed E-state index contributed by atoms with van der Waals surface area (Å²) in [5.41, 5.74) is 4.49. The van der Waals surface area contributed by atoms with Crippen molar-refractivity contribution in [3.05, 3.63) is 11.3 Å². The summed E-state index contributed by atoms with van der Waals surface area (Å²) in [5.74, 6) is 0. The van der Waals surface area contributed by atoms with Crippen LogP contribution in [0.15, 0.2) is 11.3 Å². The summed E-state index contributed by atoms with van der Waals surface area (Å²) < 4.78 is 0. The molecule has 0 aromatic heterocycles. The van der Waals surface area contributed by atoms with E-state index < -0.39 is 24.2 Å². The molecule has 0 aromatic carbocycles. The van der Waals surface area contributed by atoms with Crippen molar-refractivity contribution < 1.29 is 0 Å². The Morgan fingerprint density at radius 3 is 1.19 bits per heavy atom. The van der Waals surface area contributed by atoms with Crippen LogP contribution in [0.5, 0.6) is 0 Å². The molecular formula is C13H32Si3. The Hall–Kier alpha value is 0.391. The molecule has 0 aliphatic carbocycles. The van der Waals surface area contributed by atoms with Gasteiger partial charge in [0, 0.05) is 16.1 Å². The van der Waals surface area contributed by atoms with E-state index in [0.29, 0.717) is 0 Å². The Bertz CT molecular complexity index is 228. The van der Waals surface area contributed by atoms with Gasteiger partial charge in [-0.25, -0.2) is 0 Å². The van der Waals surface area contributed by atoms with Crippen LogP contribution in [-0.4, -0.2) is 24.2 Å². The normalized spacial score (nSPS) is 13.8. The SMILES string of the molecule is C[Si](C)(C)C=C(C[Si](C)(C)C)C[Si](C)(C)C. The zero-order valence-electron chi connectivity index (χ0n) is 13.0. The minimum Gasteiger partial charge on any atom is -0.0964 e. The van der Waals surface area contributed by atoms with Crippen molar-refractivity contribution >= 4 is 24.2 Å². The fourth-order valence-corrected chi connectivity index (χ4v) is 7.41. The van der Waals surface area contributed by atoms with Crippen molar-refractivity contribution in [3.63, 3.8) is 0 Å². The summed E-state index contributed by atoms with van der Waals surface area (Å²) in [6.07, 6.45) is 0. The van der Waals surface area contributed by atoms with Crippen molar-refractivity contribution in [3.8, 4) is 0 Å². The lowest BCUT2D eigenvalue weighted by Gasteiger charge is -2.26. The van der Waals surface area contributed by atoms with Gasteiger partial charge in [-0.1, -0.05) is 70.2 Å². The Balaban J connectivity index is 4.87. The van der Waals surface area contributed by atoms with Crippen LogP contribution in [0.1, 0.15) is 0 Å². The van der Waals surface area contributed by atoms with Gasteiger partial charge in [0.25, 0.3) is 0 Å². The van der Waals surface area contributed by atoms with E-state index in [4.69, 9.17) is 0 Å². The third kappa shape index (κ3) is 10.9. The zero-order chi connectivity index (χ0) is 13.2. The number of rotatable bonds is 5. The fourth-order valence-electron chi connectivity index (χ4n) is 2.14. The van der Waals surface area contributed by atoms with Gasteiger partial charge < -0.3 is 0 Å². The molecule has 0 unspecified atom stereocenters. The number of allylic oxidation sites excluding steroid dienone is 1. The van der Waals surface area contributed by atoms with Crippen molar-refractivity contribution in [2.45, 2.75) is 71.0 Å². The first-order valence-electron chi connectivity index (χ1n) is 6.49. The van der Waals surface area contributed by atoms with Gasteiger partial charge in [-0.3, -0.25) is 0 Å². The molecule has 0 bridgehead atoms. The molecular weight excluding hydrogens is 240 g/mol. The second kappa shape index (κ2) is 5.36. The van der Waals surface area contributed by atoms with Crippen molar-refractivity contribution in [2.75, 3.05) is 0 Å². The van der Waals surface area contributed by atoms with E-state index in [-0.39, 0.29) is 0 Å². The summed E-state index contributed by atoms with van der Waals surface area (Å²) in [5, 5.41) is 0. The van der Waals surface area contributed by atoms with E-state index in [1.54, 1.807) is 5.57 Å². The van der Waals surface area contributed by atoms with Crippen molar-refractivity contribution in [1.29, 1.82) is 0 Å². The van der Waals surface area contributed by atoms with E-state index in [0.717, 1.165) is 0 Å².